The van der Waals surface area contributed by atoms with Crippen LogP contribution < -0.4 is 10.0 Å². The van der Waals surface area contributed by atoms with Crippen LogP contribution in [-0.4, -0.2) is 43.9 Å². The average Bonchev–Trinajstić information content (AvgIpc) is 2.52. The Morgan fingerprint density at radius 1 is 1.38 bits per heavy atom. The first-order valence-corrected chi connectivity index (χ1v) is 8.90. The Morgan fingerprint density at radius 2 is 2.14 bits per heavy atom. The second-order valence-electron chi connectivity index (χ2n) is 5.34. The molecule has 7 heteroatoms. The molecule has 6 nitrogen and oxygen atoms in total. The molecule has 0 amide bonds. The molecule has 0 bridgehead atoms. The van der Waals surface area contributed by atoms with E-state index in [1.165, 1.54) is 0 Å². The molecule has 0 aromatic carbocycles. The van der Waals surface area contributed by atoms with Gasteiger partial charge in [0.15, 0.2) is 0 Å². The number of aromatic nitrogens is 1. The maximum atomic E-state index is 12.3. The molecule has 21 heavy (non-hydrogen) atoms. The second-order valence-corrected chi connectivity index (χ2v) is 7.09. The lowest BCUT2D eigenvalue weighted by molar-refractivity contribution is 0.266. The first-order valence-electron chi connectivity index (χ1n) is 7.46. The van der Waals surface area contributed by atoms with Crippen molar-refractivity contribution in [3.05, 3.63) is 30.1 Å². The normalized spacial score (nSPS) is 18.0. The summed E-state index contributed by atoms with van der Waals surface area (Å²) in [6.45, 7) is 5.50. The number of hydrogen-bond donors (Lipinski definition) is 2. The fraction of sp³-hybridized carbons (Fsp3) is 0.643. The fourth-order valence-electron chi connectivity index (χ4n) is 2.47. The summed E-state index contributed by atoms with van der Waals surface area (Å²) in [4.78, 5) is 3.98. The van der Waals surface area contributed by atoms with E-state index in [0.717, 1.165) is 31.5 Å². The van der Waals surface area contributed by atoms with Crippen LogP contribution in [-0.2, 0) is 16.8 Å². The Kier molecular flexibility index (Phi) is 6.10. The first kappa shape index (κ1) is 16.4. The lowest BCUT2D eigenvalue weighted by Gasteiger charge is -2.31. The topological polar surface area (TPSA) is 74.3 Å². The fourth-order valence-corrected chi connectivity index (χ4v) is 3.69. The molecular weight excluding hydrogens is 288 g/mol. The van der Waals surface area contributed by atoms with Crippen molar-refractivity contribution in [2.45, 2.75) is 26.3 Å². The Hall–Kier alpha value is -1.02. The zero-order valence-corrected chi connectivity index (χ0v) is 13.3. The standard InChI is InChI=1S/C14H24N4O2S/c1-2-15-10-13-5-8-18(9-6-13)21(19,20)17-12-14-4-3-7-16-11-14/h3-4,7,11,13,15,17H,2,5-6,8-10,12H2,1H3. The predicted molar refractivity (Wildman–Crippen MR) is 82.8 cm³/mol. The number of hydrogen-bond acceptors (Lipinski definition) is 4. The van der Waals surface area contributed by atoms with Crippen molar-refractivity contribution in [2.75, 3.05) is 26.2 Å². The highest BCUT2D eigenvalue weighted by Gasteiger charge is 2.27. The van der Waals surface area contributed by atoms with Crippen LogP contribution >= 0.6 is 0 Å². The van der Waals surface area contributed by atoms with Crippen LogP contribution in [0, 0.1) is 5.92 Å². The van der Waals surface area contributed by atoms with Gasteiger partial charge in [0.05, 0.1) is 0 Å². The van der Waals surface area contributed by atoms with E-state index in [-0.39, 0.29) is 6.54 Å². The molecule has 0 aliphatic carbocycles. The van der Waals surface area contributed by atoms with E-state index < -0.39 is 10.2 Å². The maximum absolute atomic E-state index is 12.3. The molecule has 0 radical (unpaired) electrons. The maximum Gasteiger partial charge on any atom is 0.279 e. The van der Waals surface area contributed by atoms with Gasteiger partial charge in [-0.2, -0.15) is 17.4 Å². The largest absolute Gasteiger partial charge is 0.317 e. The highest BCUT2D eigenvalue weighted by Crippen LogP contribution is 2.18. The van der Waals surface area contributed by atoms with Gasteiger partial charge in [0.2, 0.25) is 0 Å². The molecule has 1 aromatic heterocycles. The Morgan fingerprint density at radius 3 is 2.76 bits per heavy atom. The van der Waals surface area contributed by atoms with Crippen LogP contribution in [0.15, 0.2) is 24.5 Å². The minimum absolute atomic E-state index is 0.285. The molecule has 0 saturated carbocycles. The zero-order chi connectivity index (χ0) is 15.1. The van der Waals surface area contributed by atoms with Crippen molar-refractivity contribution in [3.63, 3.8) is 0 Å². The van der Waals surface area contributed by atoms with Gasteiger partial charge in [-0.15, -0.1) is 0 Å². The molecule has 118 valence electrons. The molecule has 1 aliphatic rings. The van der Waals surface area contributed by atoms with Crippen molar-refractivity contribution in [2.24, 2.45) is 5.92 Å². The Labute approximate surface area is 127 Å². The predicted octanol–water partition coefficient (Wildman–Crippen LogP) is 0.738. The third-order valence-electron chi connectivity index (χ3n) is 3.78. The summed E-state index contributed by atoms with van der Waals surface area (Å²) < 4.78 is 28.7. The third kappa shape index (κ3) is 5.03. The van der Waals surface area contributed by atoms with Gasteiger partial charge in [0.25, 0.3) is 10.2 Å². The summed E-state index contributed by atoms with van der Waals surface area (Å²) in [5.74, 6) is 0.578. The summed E-state index contributed by atoms with van der Waals surface area (Å²) in [6.07, 6.45) is 5.18. The molecule has 0 spiro atoms. The zero-order valence-electron chi connectivity index (χ0n) is 12.5. The Balaban J connectivity index is 1.81. The summed E-state index contributed by atoms with van der Waals surface area (Å²) in [7, 11) is -3.39. The highest BCUT2D eigenvalue weighted by atomic mass is 32.2. The molecule has 1 aliphatic heterocycles. The monoisotopic (exact) mass is 312 g/mol. The van der Waals surface area contributed by atoms with E-state index in [2.05, 4.69) is 21.9 Å². The lowest BCUT2D eigenvalue weighted by Crippen LogP contribution is -2.45. The van der Waals surface area contributed by atoms with Crippen LogP contribution in [0.4, 0.5) is 0 Å². The number of nitrogens with one attached hydrogen (secondary N) is 2. The third-order valence-corrected chi connectivity index (χ3v) is 5.33. The minimum atomic E-state index is -3.39. The SMILES string of the molecule is CCNCC1CCN(S(=O)(=O)NCc2cccnc2)CC1. The molecule has 1 saturated heterocycles. The van der Waals surface area contributed by atoms with Gasteiger partial charge >= 0.3 is 0 Å². The van der Waals surface area contributed by atoms with Gasteiger partial charge in [-0.3, -0.25) is 4.98 Å². The summed E-state index contributed by atoms with van der Waals surface area (Å²) in [6, 6.07) is 3.66. The molecule has 1 fully saturated rings. The van der Waals surface area contributed by atoms with E-state index in [1.54, 1.807) is 22.8 Å². The van der Waals surface area contributed by atoms with Crippen molar-refractivity contribution >= 4 is 10.2 Å². The van der Waals surface area contributed by atoms with Gasteiger partial charge < -0.3 is 5.32 Å². The number of nitrogens with zero attached hydrogens (tertiary/aromatic N) is 2. The average molecular weight is 312 g/mol. The van der Waals surface area contributed by atoms with Gasteiger partial charge in [0, 0.05) is 32.0 Å². The molecule has 0 atom stereocenters. The summed E-state index contributed by atoms with van der Waals surface area (Å²) in [5, 5.41) is 3.33. The van der Waals surface area contributed by atoms with Crippen molar-refractivity contribution in [1.82, 2.24) is 19.3 Å². The first-order chi connectivity index (χ1) is 10.1. The van der Waals surface area contributed by atoms with Gasteiger partial charge in [-0.05, 0) is 43.5 Å². The number of pyridine rings is 1. The van der Waals surface area contributed by atoms with Gasteiger partial charge in [-0.25, -0.2) is 0 Å². The summed E-state index contributed by atoms with van der Waals surface area (Å²) in [5.41, 5.74) is 0.864. The van der Waals surface area contributed by atoms with Gasteiger partial charge in [-0.1, -0.05) is 13.0 Å². The molecule has 2 N–H and O–H groups in total. The Bertz CT molecular complexity index is 513. The van der Waals surface area contributed by atoms with E-state index in [4.69, 9.17) is 0 Å². The quantitative estimate of drug-likeness (QED) is 0.779. The van der Waals surface area contributed by atoms with Crippen molar-refractivity contribution in [1.29, 1.82) is 0 Å². The van der Waals surface area contributed by atoms with E-state index in [9.17, 15) is 8.42 Å². The molecule has 0 unspecified atom stereocenters. The molecule has 2 rings (SSSR count). The van der Waals surface area contributed by atoms with E-state index in [0.29, 0.717) is 19.0 Å². The lowest BCUT2D eigenvalue weighted by atomic mass is 9.98. The number of piperidine rings is 1. The van der Waals surface area contributed by atoms with Crippen LogP contribution in [0.3, 0.4) is 0 Å². The van der Waals surface area contributed by atoms with Crippen LogP contribution in [0.5, 0.6) is 0 Å². The number of rotatable bonds is 7. The van der Waals surface area contributed by atoms with Crippen LogP contribution in [0.2, 0.25) is 0 Å². The molecule has 1 aromatic rings. The molecule has 2 heterocycles. The van der Waals surface area contributed by atoms with E-state index in [1.807, 2.05) is 6.07 Å². The van der Waals surface area contributed by atoms with E-state index >= 15 is 0 Å². The van der Waals surface area contributed by atoms with Crippen LogP contribution in [0.25, 0.3) is 0 Å². The van der Waals surface area contributed by atoms with Crippen LogP contribution in [0.1, 0.15) is 25.3 Å². The highest BCUT2D eigenvalue weighted by molar-refractivity contribution is 7.87. The van der Waals surface area contributed by atoms with Gasteiger partial charge in [0.1, 0.15) is 0 Å². The minimum Gasteiger partial charge on any atom is -0.317 e. The van der Waals surface area contributed by atoms with Crippen molar-refractivity contribution in [3.8, 4) is 0 Å². The second kappa shape index (κ2) is 7.84. The summed E-state index contributed by atoms with van der Waals surface area (Å²) >= 11 is 0. The smallest absolute Gasteiger partial charge is 0.279 e. The van der Waals surface area contributed by atoms with Crippen molar-refractivity contribution < 1.29 is 8.42 Å². The molecular formula is C14H24N4O2S.